The van der Waals surface area contributed by atoms with Gasteiger partial charge in [-0.3, -0.25) is 0 Å². The molecule has 1 aliphatic carbocycles. The van der Waals surface area contributed by atoms with Gasteiger partial charge in [0, 0.05) is 16.4 Å². The summed E-state index contributed by atoms with van der Waals surface area (Å²) < 4.78 is 0. The summed E-state index contributed by atoms with van der Waals surface area (Å²) in [5.74, 6) is 0. The highest BCUT2D eigenvalue weighted by atomic mass is 14.6. The van der Waals surface area contributed by atoms with Crippen LogP contribution in [0.25, 0.3) is 5.57 Å². The lowest BCUT2D eigenvalue weighted by Crippen LogP contribution is -1.95. The zero-order valence-corrected chi connectivity index (χ0v) is 15.1. The summed E-state index contributed by atoms with van der Waals surface area (Å²) in [5, 5.41) is 0. The first-order valence-electron chi connectivity index (χ1n) is 8.40. The van der Waals surface area contributed by atoms with Gasteiger partial charge in [0.15, 0.2) is 0 Å². The zero-order chi connectivity index (χ0) is 16.8. The molecular weight excluding hydrogens is 276 g/mol. The lowest BCUT2D eigenvalue weighted by Gasteiger charge is -2.08. The van der Waals surface area contributed by atoms with Crippen molar-refractivity contribution in [3.8, 4) is 0 Å². The second kappa shape index (κ2) is 5.25. The molecule has 0 spiro atoms. The summed E-state index contributed by atoms with van der Waals surface area (Å²) in [6.07, 6.45) is 0. The molecule has 3 rings (SSSR count). The third-order valence-corrected chi connectivity index (χ3v) is 5.86. The van der Waals surface area contributed by atoms with Crippen LogP contribution >= 0.6 is 0 Å². The molecule has 0 aromatic heterocycles. The van der Waals surface area contributed by atoms with Crippen molar-refractivity contribution in [3.05, 3.63) is 82.1 Å². The van der Waals surface area contributed by atoms with Crippen molar-refractivity contribution in [1.29, 1.82) is 0 Å². The van der Waals surface area contributed by atoms with E-state index in [1.165, 1.54) is 33.4 Å². The Morgan fingerprint density at radius 2 is 1.35 bits per heavy atom. The molecule has 0 atom stereocenters. The van der Waals surface area contributed by atoms with Crippen LogP contribution in [-0.2, 0) is 0 Å². The van der Waals surface area contributed by atoms with Crippen molar-refractivity contribution in [3.63, 3.8) is 0 Å². The number of hydrogen-bond donors (Lipinski definition) is 0. The SMILES string of the molecule is Cc1ccc(C(=C=C2C(C)(C)C2(C)C)c2ccccc2)cc1C. The Morgan fingerprint density at radius 1 is 0.739 bits per heavy atom. The van der Waals surface area contributed by atoms with E-state index in [1.54, 1.807) is 0 Å². The minimum atomic E-state index is 0.229. The Morgan fingerprint density at radius 3 is 1.87 bits per heavy atom. The first-order chi connectivity index (χ1) is 10.7. The van der Waals surface area contributed by atoms with Crippen molar-refractivity contribution in [2.45, 2.75) is 41.5 Å². The van der Waals surface area contributed by atoms with Crippen molar-refractivity contribution in [1.82, 2.24) is 0 Å². The fraction of sp³-hybridized carbons (Fsp3) is 0.348. The standard InChI is InChI=1S/C23H26/c1-16-12-13-19(14-17(16)2)20(18-10-8-7-9-11-18)15-21-22(3,4)23(21,5)6/h7-14H,1-6H3. The van der Waals surface area contributed by atoms with E-state index in [9.17, 15) is 0 Å². The van der Waals surface area contributed by atoms with Crippen LogP contribution in [0.1, 0.15) is 49.9 Å². The molecule has 0 heterocycles. The maximum atomic E-state index is 3.78. The summed E-state index contributed by atoms with van der Waals surface area (Å²) in [5.41, 5.74) is 12.0. The molecule has 118 valence electrons. The Labute approximate surface area is 140 Å². The van der Waals surface area contributed by atoms with Gasteiger partial charge in [0.2, 0.25) is 0 Å². The molecule has 1 aliphatic rings. The molecule has 1 fully saturated rings. The fourth-order valence-corrected chi connectivity index (χ4v) is 3.28. The van der Waals surface area contributed by atoms with Crippen molar-refractivity contribution >= 4 is 5.57 Å². The molecular formula is C23H26. The summed E-state index contributed by atoms with van der Waals surface area (Å²) >= 11 is 0. The predicted molar refractivity (Wildman–Crippen MR) is 99.5 cm³/mol. The Balaban J connectivity index is 2.25. The second-order valence-electron chi connectivity index (χ2n) is 7.79. The Kier molecular flexibility index (Phi) is 3.62. The Hall–Kier alpha value is -2.04. The van der Waals surface area contributed by atoms with Crippen LogP contribution < -0.4 is 0 Å². The molecule has 0 N–H and O–H groups in total. The number of aryl methyl sites for hydroxylation is 2. The normalized spacial score (nSPS) is 17.6. The quantitative estimate of drug-likeness (QED) is 0.569. The monoisotopic (exact) mass is 302 g/mol. The highest BCUT2D eigenvalue weighted by molar-refractivity contribution is 5.80. The third-order valence-electron chi connectivity index (χ3n) is 5.86. The van der Waals surface area contributed by atoms with Crippen LogP contribution in [0, 0.1) is 24.7 Å². The van der Waals surface area contributed by atoms with Crippen molar-refractivity contribution in [2.24, 2.45) is 10.8 Å². The van der Waals surface area contributed by atoms with Gasteiger partial charge in [0.1, 0.15) is 0 Å². The van der Waals surface area contributed by atoms with E-state index >= 15 is 0 Å². The molecule has 0 aliphatic heterocycles. The van der Waals surface area contributed by atoms with E-state index in [4.69, 9.17) is 0 Å². The molecule has 0 saturated heterocycles. The average Bonchev–Trinajstić information content (AvgIpc) is 2.90. The van der Waals surface area contributed by atoms with Gasteiger partial charge < -0.3 is 0 Å². The van der Waals surface area contributed by atoms with Crippen molar-refractivity contribution in [2.75, 3.05) is 0 Å². The first-order valence-corrected chi connectivity index (χ1v) is 8.40. The largest absolute Gasteiger partial charge is 0.111 e. The van der Waals surface area contributed by atoms with E-state index in [0.29, 0.717) is 0 Å². The number of rotatable bonds is 2. The van der Waals surface area contributed by atoms with Gasteiger partial charge in [-0.2, -0.15) is 0 Å². The molecule has 0 unspecified atom stereocenters. The summed E-state index contributed by atoms with van der Waals surface area (Å²) in [7, 11) is 0. The summed E-state index contributed by atoms with van der Waals surface area (Å²) in [4.78, 5) is 0. The highest BCUT2D eigenvalue weighted by Gasteiger charge is 2.60. The van der Waals surface area contributed by atoms with Gasteiger partial charge in [-0.25, -0.2) is 0 Å². The van der Waals surface area contributed by atoms with E-state index in [2.05, 4.69) is 95.8 Å². The molecule has 0 nitrogen and oxygen atoms in total. The van der Waals surface area contributed by atoms with Gasteiger partial charge in [-0.15, -0.1) is 5.73 Å². The van der Waals surface area contributed by atoms with Crippen LogP contribution in [0.2, 0.25) is 0 Å². The lowest BCUT2D eigenvalue weighted by atomic mass is 9.95. The van der Waals surface area contributed by atoms with Crippen molar-refractivity contribution < 1.29 is 0 Å². The third kappa shape index (κ3) is 2.58. The van der Waals surface area contributed by atoms with E-state index in [0.717, 1.165) is 0 Å². The minimum absolute atomic E-state index is 0.229. The smallest absolute Gasteiger partial charge is 0.0309 e. The molecule has 1 saturated carbocycles. The van der Waals surface area contributed by atoms with E-state index in [1.807, 2.05) is 0 Å². The Bertz CT molecular complexity index is 794. The molecule has 0 amide bonds. The van der Waals surface area contributed by atoms with Gasteiger partial charge in [0.05, 0.1) is 0 Å². The highest BCUT2D eigenvalue weighted by Crippen LogP contribution is 2.67. The van der Waals surface area contributed by atoms with Crippen LogP contribution in [-0.4, -0.2) is 0 Å². The average molecular weight is 302 g/mol. The van der Waals surface area contributed by atoms with Crippen LogP contribution in [0.15, 0.2) is 59.8 Å². The maximum Gasteiger partial charge on any atom is 0.0309 e. The zero-order valence-electron chi connectivity index (χ0n) is 15.1. The summed E-state index contributed by atoms with van der Waals surface area (Å²) in [6.45, 7) is 13.6. The molecule has 2 aromatic carbocycles. The maximum absolute atomic E-state index is 3.78. The molecule has 23 heavy (non-hydrogen) atoms. The summed E-state index contributed by atoms with van der Waals surface area (Å²) in [6, 6.07) is 17.4. The van der Waals surface area contributed by atoms with E-state index in [-0.39, 0.29) is 10.8 Å². The minimum Gasteiger partial charge on any atom is -0.111 e. The molecule has 0 bridgehead atoms. The molecule has 0 radical (unpaired) electrons. The first kappa shape index (κ1) is 15.8. The lowest BCUT2D eigenvalue weighted by molar-refractivity contribution is 0.457. The number of hydrogen-bond acceptors (Lipinski definition) is 0. The van der Waals surface area contributed by atoms with E-state index < -0.39 is 0 Å². The van der Waals surface area contributed by atoms with Crippen LogP contribution in [0.5, 0.6) is 0 Å². The van der Waals surface area contributed by atoms with Crippen LogP contribution in [0.3, 0.4) is 0 Å². The second-order valence-corrected chi connectivity index (χ2v) is 7.79. The fourth-order valence-electron chi connectivity index (χ4n) is 3.28. The van der Waals surface area contributed by atoms with Gasteiger partial charge >= 0.3 is 0 Å². The van der Waals surface area contributed by atoms with Crippen LogP contribution in [0.4, 0.5) is 0 Å². The predicted octanol–water partition coefficient (Wildman–Crippen LogP) is 6.33. The van der Waals surface area contributed by atoms with Gasteiger partial charge in [-0.05, 0) is 41.7 Å². The number of benzene rings is 2. The van der Waals surface area contributed by atoms with Gasteiger partial charge in [0.25, 0.3) is 0 Å². The van der Waals surface area contributed by atoms with Gasteiger partial charge in [-0.1, -0.05) is 76.2 Å². The molecule has 2 aromatic rings. The number of allylic oxidation sites excluding steroid dienone is 1. The topological polar surface area (TPSA) is 0 Å². The molecule has 0 heteroatoms.